The lowest BCUT2D eigenvalue weighted by Crippen LogP contribution is -2.43. The Labute approximate surface area is 190 Å². The van der Waals surface area contributed by atoms with Crippen molar-refractivity contribution in [3.8, 4) is 5.75 Å². The van der Waals surface area contributed by atoms with Crippen LogP contribution in [0.1, 0.15) is 22.7 Å². The molecule has 1 atom stereocenters. The zero-order chi connectivity index (χ0) is 22.7. The standard InChI is InChI=1S/C25H30N2O4S/c1-18-15-24(30-3)25(16-19(18)2)32(28,29)26-17-23(27-11-13-31-14-12-27)22-10-6-8-20-7-4-5-9-21(20)22/h4-10,15-16,23,26H,11-14,17H2,1-3H3/t23-/m0/s1. The summed E-state index contributed by atoms with van der Waals surface area (Å²) in [6.45, 7) is 6.88. The van der Waals surface area contributed by atoms with Gasteiger partial charge in [0.25, 0.3) is 0 Å². The third-order valence-electron chi connectivity index (χ3n) is 6.21. The van der Waals surface area contributed by atoms with Gasteiger partial charge in [0.05, 0.1) is 20.3 Å². The third kappa shape index (κ3) is 4.66. The second-order valence-electron chi connectivity index (χ2n) is 8.17. The Hall–Kier alpha value is -2.45. The van der Waals surface area contributed by atoms with Gasteiger partial charge in [-0.25, -0.2) is 13.1 Å². The van der Waals surface area contributed by atoms with E-state index >= 15 is 0 Å². The Morgan fingerprint density at radius 1 is 1.03 bits per heavy atom. The van der Waals surface area contributed by atoms with Crippen molar-refractivity contribution < 1.29 is 17.9 Å². The highest BCUT2D eigenvalue weighted by atomic mass is 32.2. The van der Waals surface area contributed by atoms with E-state index in [-0.39, 0.29) is 17.5 Å². The number of aryl methyl sites for hydroxylation is 2. The van der Waals surface area contributed by atoms with E-state index < -0.39 is 10.0 Å². The first-order valence-electron chi connectivity index (χ1n) is 10.8. The fraction of sp³-hybridized carbons (Fsp3) is 0.360. The Morgan fingerprint density at radius 2 is 1.72 bits per heavy atom. The van der Waals surface area contributed by atoms with Crippen LogP contribution in [0.25, 0.3) is 10.8 Å². The van der Waals surface area contributed by atoms with Crippen molar-refractivity contribution in [1.29, 1.82) is 0 Å². The number of sulfonamides is 1. The van der Waals surface area contributed by atoms with Gasteiger partial charge in [-0.3, -0.25) is 4.90 Å². The van der Waals surface area contributed by atoms with Crippen LogP contribution < -0.4 is 9.46 Å². The lowest BCUT2D eigenvalue weighted by Gasteiger charge is -2.35. The third-order valence-corrected chi connectivity index (χ3v) is 7.65. The highest BCUT2D eigenvalue weighted by Crippen LogP contribution is 2.31. The predicted molar refractivity (Wildman–Crippen MR) is 127 cm³/mol. The SMILES string of the molecule is COc1cc(C)c(C)cc1S(=O)(=O)NC[C@@H](c1cccc2ccccc12)N1CCOCC1. The van der Waals surface area contributed by atoms with Crippen LogP contribution in [0.4, 0.5) is 0 Å². The molecule has 1 saturated heterocycles. The molecule has 0 radical (unpaired) electrons. The molecular formula is C25H30N2O4S. The average Bonchev–Trinajstić information content (AvgIpc) is 2.81. The summed E-state index contributed by atoms with van der Waals surface area (Å²) < 4.78 is 40.4. The van der Waals surface area contributed by atoms with E-state index in [0.29, 0.717) is 19.0 Å². The number of ether oxygens (including phenoxy) is 2. The highest BCUT2D eigenvalue weighted by molar-refractivity contribution is 7.89. The lowest BCUT2D eigenvalue weighted by molar-refractivity contribution is 0.0175. The first kappa shape index (κ1) is 22.7. The van der Waals surface area contributed by atoms with Gasteiger partial charge in [-0.2, -0.15) is 0 Å². The van der Waals surface area contributed by atoms with Crippen molar-refractivity contribution in [3.05, 3.63) is 71.3 Å². The number of hydrogen-bond acceptors (Lipinski definition) is 5. The lowest BCUT2D eigenvalue weighted by atomic mass is 9.97. The molecule has 0 aliphatic carbocycles. The molecule has 1 heterocycles. The molecule has 3 aromatic rings. The van der Waals surface area contributed by atoms with Crippen molar-refractivity contribution in [2.45, 2.75) is 24.8 Å². The van der Waals surface area contributed by atoms with Crippen LogP contribution in [0.2, 0.25) is 0 Å². The molecule has 0 unspecified atom stereocenters. The minimum Gasteiger partial charge on any atom is -0.495 e. The largest absolute Gasteiger partial charge is 0.495 e. The molecule has 32 heavy (non-hydrogen) atoms. The minimum atomic E-state index is -3.77. The van der Waals surface area contributed by atoms with Crippen molar-refractivity contribution in [1.82, 2.24) is 9.62 Å². The zero-order valence-corrected chi connectivity index (χ0v) is 19.6. The first-order chi connectivity index (χ1) is 15.4. The summed E-state index contributed by atoms with van der Waals surface area (Å²) in [5.74, 6) is 0.355. The van der Waals surface area contributed by atoms with Crippen LogP contribution in [-0.2, 0) is 14.8 Å². The van der Waals surface area contributed by atoms with Crippen LogP contribution in [-0.4, -0.2) is 53.3 Å². The monoisotopic (exact) mass is 454 g/mol. The molecular weight excluding hydrogens is 424 g/mol. The normalized spacial score (nSPS) is 16.2. The van der Waals surface area contributed by atoms with Crippen LogP contribution in [0, 0.1) is 13.8 Å². The van der Waals surface area contributed by atoms with Gasteiger partial charge in [-0.1, -0.05) is 42.5 Å². The molecule has 4 rings (SSSR count). The second-order valence-corrected chi connectivity index (χ2v) is 9.91. The topological polar surface area (TPSA) is 67.9 Å². The maximum absolute atomic E-state index is 13.3. The second kappa shape index (κ2) is 9.58. The quantitative estimate of drug-likeness (QED) is 0.588. The molecule has 0 bridgehead atoms. The minimum absolute atomic E-state index is 0.114. The van der Waals surface area contributed by atoms with E-state index in [1.165, 1.54) is 7.11 Å². The van der Waals surface area contributed by atoms with Gasteiger partial charge in [-0.15, -0.1) is 0 Å². The fourth-order valence-corrected chi connectivity index (χ4v) is 5.54. The number of methoxy groups -OCH3 is 1. The van der Waals surface area contributed by atoms with Crippen molar-refractivity contribution >= 4 is 20.8 Å². The summed E-state index contributed by atoms with van der Waals surface area (Å²) in [5.41, 5.74) is 3.01. The number of morpholine rings is 1. The van der Waals surface area contributed by atoms with Gasteiger partial charge in [0.1, 0.15) is 10.6 Å². The van der Waals surface area contributed by atoms with E-state index in [9.17, 15) is 8.42 Å². The molecule has 7 heteroatoms. The fourth-order valence-electron chi connectivity index (χ4n) is 4.27. The number of nitrogens with one attached hydrogen (secondary N) is 1. The summed E-state index contributed by atoms with van der Waals surface area (Å²) >= 11 is 0. The summed E-state index contributed by atoms with van der Waals surface area (Å²) in [7, 11) is -2.27. The molecule has 0 amide bonds. The molecule has 1 fully saturated rings. The number of nitrogens with zero attached hydrogens (tertiary/aromatic N) is 1. The maximum atomic E-state index is 13.3. The van der Waals surface area contributed by atoms with Gasteiger partial charge >= 0.3 is 0 Å². The van der Waals surface area contributed by atoms with Crippen molar-refractivity contribution in [3.63, 3.8) is 0 Å². The van der Waals surface area contributed by atoms with Crippen LogP contribution in [0.15, 0.2) is 59.5 Å². The highest BCUT2D eigenvalue weighted by Gasteiger charge is 2.27. The molecule has 0 spiro atoms. The molecule has 1 N–H and O–H groups in total. The van der Waals surface area contributed by atoms with E-state index in [2.05, 4.69) is 33.9 Å². The smallest absolute Gasteiger partial charge is 0.244 e. The first-order valence-corrected chi connectivity index (χ1v) is 12.3. The Kier molecular flexibility index (Phi) is 6.81. The number of fused-ring (bicyclic) bond motifs is 1. The molecule has 6 nitrogen and oxygen atoms in total. The zero-order valence-electron chi connectivity index (χ0n) is 18.8. The molecule has 1 aliphatic heterocycles. The van der Waals surface area contributed by atoms with Gasteiger partial charge in [0.2, 0.25) is 10.0 Å². The summed E-state index contributed by atoms with van der Waals surface area (Å²) in [5, 5.41) is 2.27. The van der Waals surface area contributed by atoms with Crippen molar-refractivity contribution in [2.75, 3.05) is 40.0 Å². The van der Waals surface area contributed by atoms with E-state index in [0.717, 1.165) is 40.6 Å². The van der Waals surface area contributed by atoms with E-state index in [1.54, 1.807) is 12.1 Å². The van der Waals surface area contributed by atoms with E-state index in [1.807, 2.05) is 32.0 Å². The Bertz CT molecular complexity index is 1200. The van der Waals surface area contributed by atoms with E-state index in [4.69, 9.17) is 9.47 Å². The molecule has 0 saturated carbocycles. The van der Waals surface area contributed by atoms with Gasteiger partial charge in [-0.05, 0) is 53.4 Å². The number of benzene rings is 3. The predicted octanol–water partition coefficient (Wildman–Crippen LogP) is 3.82. The van der Waals surface area contributed by atoms with Gasteiger partial charge < -0.3 is 9.47 Å². The van der Waals surface area contributed by atoms with Gasteiger partial charge in [0, 0.05) is 25.7 Å². The number of rotatable bonds is 7. The van der Waals surface area contributed by atoms with Gasteiger partial charge in [0.15, 0.2) is 0 Å². The Morgan fingerprint density at radius 3 is 2.47 bits per heavy atom. The molecule has 0 aromatic heterocycles. The van der Waals surface area contributed by atoms with Crippen LogP contribution >= 0.6 is 0 Å². The molecule has 1 aliphatic rings. The Balaban J connectivity index is 1.69. The van der Waals surface area contributed by atoms with Crippen LogP contribution in [0.5, 0.6) is 5.75 Å². The summed E-state index contributed by atoms with van der Waals surface area (Å²) in [6.07, 6.45) is 0. The maximum Gasteiger partial charge on any atom is 0.244 e. The molecule has 3 aromatic carbocycles. The summed E-state index contributed by atoms with van der Waals surface area (Å²) in [6, 6.07) is 17.8. The summed E-state index contributed by atoms with van der Waals surface area (Å²) in [4.78, 5) is 2.47. The molecule has 170 valence electrons. The number of hydrogen-bond donors (Lipinski definition) is 1. The van der Waals surface area contributed by atoms with Crippen molar-refractivity contribution in [2.24, 2.45) is 0 Å². The van der Waals surface area contributed by atoms with Crippen LogP contribution in [0.3, 0.4) is 0 Å². The average molecular weight is 455 g/mol.